The molecule has 10 heteroatoms. The Morgan fingerprint density at radius 1 is 1.00 bits per heavy atom. The summed E-state index contributed by atoms with van der Waals surface area (Å²) in [7, 11) is 2.16. The van der Waals surface area contributed by atoms with Gasteiger partial charge < -0.3 is 20.1 Å². The van der Waals surface area contributed by atoms with Gasteiger partial charge in [-0.25, -0.2) is 19.5 Å². The smallest absolute Gasteiger partial charge is 0.224 e. The molecule has 182 valence electrons. The van der Waals surface area contributed by atoms with Gasteiger partial charge in [0.15, 0.2) is 5.65 Å². The van der Waals surface area contributed by atoms with E-state index in [-0.39, 0.29) is 0 Å². The van der Waals surface area contributed by atoms with E-state index in [0.717, 1.165) is 65.5 Å². The van der Waals surface area contributed by atoms with Gasteiger partial charge in [-0.3, -0.25) is 0 Å². The third-order valence-corrected chi connectivity index (χ3v) is 7.21. The fourth-order valence-electron chi connectivity index (χ4n) is 4.85. The van der Waals surface area contributed by atoms with E-state index in [9.17, 15) is 0 Å². The van der Waals surface area contributed by atoms with Crippen molar-refractivity contribution in [1.29, 1.82) is 0 Å². The van der Waals surface area contributed by atoms with E-state index in [1.165, 1.54) is 18.4 Å². The summed E-state index contributed by atoms with van der Waals surface area (Å²) in [4.78, 5) is 26.8. The number of nitrogens with zero attached hydrogens (tertiary/aromatic N) is 8. The molecule has 10 nitrogen and oxygen atoms in total. The largest absolute Gasteiger partial charge is 0.354 e. The van der Waals surface area contributed by atoms with Gasteiger partial charge in [-0.05, 0) is 43.5 Å². The van der Waals surface area contributed by atoms with Crippen LogP contribution in [0.25, 0.3) is 27.9 Å². The van der Waals surface area contributed by atoms with Gasteiger partial charge in [0.05, 0.1) is 11.9 Å². The van der Waals surface area contributed by atoms with Crippen molar-refractivity contribution in [2.24, 2.45) is 0 Å². The van der Waals surface area contributed by atoms with E-state index in [1.54, 1.807) is 0 Å². The van der Waals surface area contributed by atoms with Crippen LogP contribution in [-0.4, -0.2) is 72.7 Å². The van der Waals surface area contributed by atoms with Crippen LogP contribution in [0.5, 0.6) is 0 Å². The van der Waals surface area contributed by atoms with Crippen LogP contribution >= 0.6 is 0 Å². The number of hydrogen-bond acceptors (Lipinski definition) is 8. The Morgan fingerprint density at radius 3 is 2.69 bits per heavy atom. The number of anilines is 2. The lowest BCUT2D eigenvalue weighted by atomic mass is 10.1. The molecule has 0 radical (unpaired) electrons. The number of fused-ring (bicyclic) bond motifs is 2. The summed E-state index contributed by atoms with van der Waals surface area (Å²) in [5, 5.41) is 8.73. The van der Waals surface area contributed by atoms with Crippen molar-refractivity contribution in [2.45, 2.75) is 25.3 Å². The Balaban J connectivity index is 1.06. The molecule has 36 heavy (non-hydrogen) atoms. The minimum Gasteiger partial charge on any atom is -0.354 e. The maximum atomic E-state index is 4.93. The van der Waals surface area contributed by atoms with E-state index in [4.69, 9.17) is 4.98 Å². The monoisotopic (exact) mass is 480 g/mol. The predicted molar refractivity (Wildman–Crippen MR) is 139 cm³/mol. The summed E-state index contributed by atoms with van der Waals surface area (Å²) in [5.74, 6) is 2.22. The highest BCUT2D eigenvalue weighted by Gasteiger charge is 2.27. The van der Waals surface area contributed by atoms with Crippen molar-refractivity contribution in [3.05, 3.63) is 60.3 Å². The third kappa shape index (κ3) is 3.93. The normalized spacial score (nSPS) is 16.8. The molecule has 2 N–H and O–H groups in total. The zero-order valence-electron chi connectivity index (χ0n) is 20.2. The van der Waals surface area contributed by atoms with Crippen LogP contribution in [-0.2, 0) is 6.54 Å². The molecule has 7 rings (SSSR count). The third-order valence-electron chi connectivity index (χ3n) is 7.21. The minimum absolute atomic E-state index is 0.578. The number of piperazine rings is 1. The molecule has 1 aliphatic carbocycles. The molecule has 5 aromatic rings. The maximum absolute atomic E-state index is 4.93. The van der Waals surface area contributed by atoms with Gasteiger partial charge >= 0.3 is 0 Å². The van der Waals surface area contributed by atoms with E-state index in [1.807, 2.05) is 41.6 Å². The molecule has 0 amide bonds. The number of aromatic nitrogens is 7. The second kappa shape index (κ2) is 8.56. The quantitative estimate of drug-likeness (QED) is 0.382. The van der Waals surface area contributed by atoms with Gasteiger partial charge in [0.2, 0.25) is 5.95 Å². The zero-order valence-corrected chi connectivity index (χ0v) is 20.2. The molecule has 0 aromatic carbocycles. The number of nitrogens with one attached hydrogen (secondary N) is 2. The van der Waals surface area contributed by atoms with Crippen LogP contribution in [0, 0.1) is 0 Å². The molecule has 1 aliphatic heterocycles. The lowest BCUT2D eigenvalue weighted by Gasteiger charge is -2.33. The van der Waals surface area contributed by atoms with E-state index in [2.05, 4.69) is 59.3 Å². The van der Waals surface area contributed by atoms with Crippen molar-refractivity contribution in [1.82, 2.24) is 39.4 Å². The standard InChI is InChI=1S/C26H28N10/c1-34-8-10-35(11-9-34)23-5-2-17(12-27-23)13-29-26-30-15-21-20(14-28-24(21)33-26)22-6-7-36-25(32-22)19(16-31-36)18-3-4-18/h2,5-7,12,14-16,18H,3-4,8-11,13H2,1H3,(H2,28,29,30,33). The van der Waals surface area contributed by atoms with Crippen LogP contribution in [0.1, 0.15) is 29.9 Å². The van der Waals surface area contributed by atoms with Gasteiger partial charge in [0.25, 0.3) is 0 Å². The van der Waals surface area contributed by atoms with E-state index in [0.29, 0.717) is 18.4 Å². The summed E-state index contributed by atoms with van der Waals surface area (Å²) in [6.45, 7) is 4.78. The van der Waals surface area contributed by atoms with Crippen LogP contribution in [0.4, 0.5) is 11.8 Å². The fraction of sp³-hybridized carbons (Fsp3) is 0.346. The number of H-pyrrole nitrogens is 1. The van der Waals surface area contributed by atoms with Crippen LogP contribution in [0.2, 0.25) is 0 Å². The number of aromatic amines is 1. The number of hydrogen-bond donors (Lipinski definition) is 2. The van der Waals surface area contributed by atoms with E-state index < -0.39 is 0 Å². The van der Waals surface area contributed by atoms with Gasteiger partial charge in [-0.1, -0.05) is 6.07 Å². The molecular formula is C26H28N10. The number of pyridine rings is 1. The Kier molecular flexibility index (Phi) is 5.05. The molecule has 6 heterocycles. The SMILES string of the molecule is CN1CCN(c2ccc(CNc3ncc4c(-c5ccn6ncc(C7CC7)c6n5)c[nH]c4n3)cn2)CC1. The highest BCUT2D eigenvalue weighted by atomic mass is 15.3. The first kappa shape index (κ1) is 21.3. The molecule has 0 bridgehead atoms. The first-order valence-corrected chi connectivity index (χ1v) is 12.5. The molecule has 2 aliphatic rings. The second-order valence-corrected chi connectivity index (χ2v) is 9.78. The van der Waals surface area contributed by atoms with Gasteiger partial charge in [0, 0.05) is 74.0 Å². The molecule has 2 fully saturated rings. The molecule has 0 atom stereocenters. The maximum Gasteiger partial charge on any atom is 0.224 e. The molecule has 5 aromatic heterocycles. The molecular weight excluding hydrogens is 452 g/mol. The molecule has 1 saturated carbocycles. The average Bonchev–Trinajstić information content (AvgIpc) is 3.53. The Hall–Kier alpha value is -4.05. The summed E-state index contributed by atoms with van der Waals surface area (Å²) < 4.78 is 1.86. The highest BCUT2D eigenvalue weighted by Crippen LogP contribution is 2.41. The van der Waals surface area contributed by atoms with Crippen molar-refractivity contribution in [3.63, 3.8) is 0 Å². The first-order chi connectivity index (χ1) is 17.7. The van der Waals surface area contributed by atoms with Crippen molar-refractivity contribution >= 4 is 28.4 Å². The second-order valence-electron chi connectivity index (χ2n) is 9.78. The summed E-state index contributed by atoms with van der Waals surface area (Å²) >= 11 is 0. The highest BCUT2D eigenvalue weighted by molar-refractivity contribution is 5.92. The summed E-state index contributed by atoms with van der Waals surface area (Å²) in [5.41, 5.74) is 5.94. The summed E-state index contributed by atoms with van der Waals surface area (Å²) in [6.07, 6.45) is 12.1. The van der Waals surface area contributed by atoms with Crippen molar-refractivity contribution in [2.75, 3.05) is 43.4 Å². The average molecular weight is 481 g/mol. The number of rotatable bonds is 6. The Bertz CT molecular complexity index is 1520. The van der Waals surface area contributed by atoms with E-state index >= 15 is 0 Å². The van der Waals surface area contributed by atoms with Gasteiger partial charge in [0.1, 0.15) is 11.5 Å². The Morgan fingerprint density at radius 2 is 1.89 bits per heavy atom. The lowest BCUT2D eigenvalue weighted by molar-refractivity contribution is 0.312. The predicted octanol–water partition coefficient (Wildman–Crippen LogP) is 3.30. The molecule has 0 unspecified atom stereocenters. The van der Waals surface area contributed by atoms with Gasteiger partial charge in [-0.15, -0.1) is 0 Å². The Labute approximate surface area is 208 Å². The first-order valence-electron chi connectivity index (χ1n) is 12.5. The van der Waals surface area contributed by atoms with Gasteiger partial charge in [-0.2, -0.15) is 10.1 Å². The fourth-order valence-corrected chi connectivity index (χ4v) is 4.85. The zero-order chi connectivity index (χ0) is 24.1. The van der Waals surface area contributed by atoms with Crippen LogP contribution < -0.4 is 10.2 Å². The number of likely N-dealkylation sites (N-methyl/N-ethyl adjacent to an activating group) is 1. The van der Waals surface area contributed by atoms with Crippen molar-refractivity contribution in [3.8, 4) is 11.3 Å². The van der Waals surface area contributed by atoms with Crippen LogP contribution in [0.3, 0.4) is 0 Å². The topological polar surface area (TPSA) is 103 Å². The molecule has 0 spiro atoms. The van der Waals surface area contributed by atoms with Crippen molar-refractivity contribution < 1.29 is 0 Å². The van der Waals surface area contributed by atoms with Crippen LogP contribution in [0.15, 0.2) is 49.2 Å². The lowest BCUT2D eigenvalue weighted by Crippen LogP contribution is -2.44. The molecule has 1 saturated heterocycles. The minimum atomic E-state index is 0.578. The summed E-state index contributed by atoms with van der Waals surface area (Å²) in [6, 6.07) is 6.21.